The fourth-order valence-corrected chi connectivity index (χ4v) is 6.18. The topological polar surface area (TPSA) is 221 Å². The fraction of sp³-hybridized carbons (Fsp3) is 0.353. The number of urea groups is 1. The SMILES string of the molecule is CN(C(=O)OCc1ccc(CC(=O)[C@H](CCCNC(N)=O)NC(=O)OC(C)(C)C)cc1)c1ccccc1N(C)S(=O)(=O)c1ccccc1[N+](=O)[O-]. The number of ketones is 1. The Morgan fingerprint density at radius 1 is 0.922 bits per heavy atom. The number of hydrogen-bond donors (Lipinski definition) is 3. The minimum atomic E-state index is -4.40. The van der Waals surface area contributed by atoms with E-state index in [2.05, 4.69) is 10.6 Å². The lowest BCUT2D eigenvalue weighted by Crippen LogP contribution is -2.44. The van der Waals surface area contributed by atoms with Crippen molar-refractivity contribution in [1.82, 2.24) is 10.6 Å². The normalized spacial score (nSPS) is 11.9. The van der Waals surface area contributed by atoms with E-state index in [0.717, 1.165) is 21.3 Å². The molecular weight excluding hydrogens is 684 g/mol. The van der Waals surface area contributed by atoms with Crippen molar-refractivity contribution in [2.45, 2.75) is 63.2 Å². The molecule has 1 atom stereocenters. The number of anilines is 2. The van der Waals surface area contributed by atoms with E-state index >= 15 is 0 Å². The van der Waals surface area contributed by atoms with Gasteiger partial charge in [0.15, 0.2) is 10.7 Å². The second kappa shape index (κ2) is 17.3. The molecule has 3 aromatic rings. The summed E-state index contributed by atoms with van der Waals surface area (Å²) in [4.78, 5) is 61.0. The number of benzene rings is 3. The molecule has 0 fully saturated rings. The number of para-hydroxylation sites is 3. The highest BCUT2D eigenvalue weighted by Gasteiger charge is 2.32. The van der Waals surface area contributed by atoms with E-state index < -0.39 is 55.4 Å². The number of nitro benzene ring substituents is 1. The van der Waals surface area contributed by atoms with Gasteiger partial charge in [-0.15, -0.1) is 0 Å². The Kier molecular flexibility index (Phi) is 13.5. The molecule has 274 valence electrons. The van der Waals surface area contributed by atoms with Crippen LogP contribution in [0.1, 0.15) is 44.7 Å². The molecule has 0 aliphatic carbocycles. The quantitative estimate of drug-likeness (QED) is 0.112. The van der Waals surface area contributed by atoms with Gasteiger partial charge in [-0.25, -0.2) is 22.8 Å². The van der Waals surface area contributed by atoms with Crippen molar-refractivity contribution in [1.29, 1.82) is 0 Å². The lowest BCUT2D eigenvalue weighted by molar-refractivity contribution is -0.387. The summed E-state index contributed by atoms with van der Waals surface area (Å²) >= 11 is 0. The molecule has 0 aliphatic heterocycles. The number of rotatable bonds is 15. The minimum absolute atomic E-state index is 0.0220. The van der Waals surface area contributed by atoms with Gasteiger partial charge in [0.2, 0.25) is 0 Å². The Hall–Kier alpha value is -5.71. The molecule has 4 N–H and O–H groups in total. The summed E-state index contributed by atoms with van der Waals surface area (Å²) in [6, 6.07) is 16.2. The molecule has 4 amide bonds. The Labute approximate surface area is 296 Å². The number of nitrogens with two attached hydrogens (primary N) is 1. The van der Waals surface area contributed by atoms with Crippen LogP contribution in [0, 0.1) is 10.1 Å². The summed E-state index contributed by atoms with van der Waals surface area (Å²) < 4.78 is 38.5. The molecule has 51 heavy (non-hydrogen) atoms. The fourth-order valence-electron chi connectivity index (χ4n) is 4.82. The van der Waals surface area contributed by atoms with Gasteiger partial charge in [0.25, 0.3) is 15.7 Å². The zero-order chi connectivity index (χ0) is 37.9. The van der Waals surface area contributed by atoms with Crippen LogP contribution in [0.3, 0.4) is 0 Å². The molecule has 0 saturated heterocycles. The Bertz CT molecular complexity index is 1840. The number of nitrogens with zero attached hydrogens (tertiary/aromatic N) is 3. The first-order valence-electron chi connectivity index (χ1n) is 15.8. The highest BCUT2D eigenvalue weighted by Crippen LogP contribution is 2.34. The second-order valence-electron chi connectivity index (χ2n) is 12.4. The third-order valence-corrected chi connectivity index (χ3v) is 9.19. The number of carbonyl (C=O) groups excluding carboxylic acids is 4. The van der Waals surface area contributed by atoms with E-state index in [1.807, 2.05) is 0 Å². The second-order valence-corrected chi connectivity index (χ2v) is 14.3. The summed E-state index contributed by atoms with van der Waals surface area (Å²) in [6.07, 6.45) is -0.968. The predicted octanol–water partition coefficient (Wildman–Crippen LogP) is 4.65. The molecule has 0 aromatic heterocycles. The minimum Gasteiger partial charge on any atom is -0.444 e. The van der Waals surface area contributed by atoms with E-state index in [4.69, 9.17) is 15.2 Å². The van der Waals surface area contributed by atoms with Gasteiger partial charge in [0, 0.05) is 33.1 Å². The molecule has 3 rings (SSSR count). The number of sulfonamides is 1. The van der Waals surface area contributed by atoms with Crippen molar-refractivity contribution in [2.75, 3.05) is 29.8 Å². The zero-order valence-corrected chi connectivity index (χ0v) is 29.8. The van der Waals surface area contributed by atoms with Gasteiger partial charge < -0.3 is 25.8 Å². The molecule has 0 spiro atoms. The number of nitrogens with one attached hydrogen (secondary N) is 2. The number of ether oxygens (including phenoxy) is 2. The van der Waals surface area contributed by atoms with Crippen molar-refractivity contribution < 1.29 is 42.0 Å². The molecule has 0 radical (unpaired) electrons. The Morgan fingerprint density at radius 2 is 1.51 bits per heavy atom. The van der Waals surface area contributed by atoms with Crippen LogP contribution in [-0.2, 0) is 37.3 Å². The van der Waals surface area contributed by atoms with E-state index in [-0.39, 0.29) is 43.2 Å². The van der Waals surface area contributed by atoms with Crippen LogP contribution >= 0.6 is 0 Å². The summed E-state index contributed by atoms with van der Waals surface area (Å²) in [5, 5.41) is 16.6. The third kappa shape index (κ3) is 11.4. The molecule has 0 saturated carbocycles. The Morgan fingerprint density at radius 3 is 2.12 bits per heavy atom. The van der Waals surface area contributed by atoms with Crippen molar-refractivity contribution >= 4 is 51.1 Å². The van der Waals surface area contributed by atoms with E-state index in [9.17, 15) is 37.7 Å². The van der Waals surface area contributed by atoms with Gasteiger partial charge in [0.05, 0.1) is 22.3 Å². The van der Waals surface area contributed by atoms with Crippen molar-refractivity contribution in [3.05, 3.63) is 94.0 Å². The van der Waals surface area contributed by atoms with E-state index in [0.29, 0.717) is 17.5 Å². The van der Waals surface area contributed by atoms with Gasteiger partial charge >= 0.3 is 18.2 Å². The van der Waals surface area contributed by atoms with Crippen LogP contribution in [-0.4, -0.2) is 69.6 Å². The maximum Gasteiger partial charge on any atom is 0.414 e. The predicted molar refractivity (Wildman–Crippen MR) is 189 cm³/mol. The van der Waals surface area contributed by atoms with Gasteiger partial charge in [-0.3, -0.25) is 24.1 Å². The molecule has 0 bridgehead atoms. The standard InChI is InChI=1S/C34H42N6O10S/c1-34(2,3)50-32(43)37-25(11-10-20-36-31(35)42)29(41)21-23-16-18-24(19-17-23)22-49-33(44)38(4)26-12-6-7-13-27(26)39(5)51(47,48)30-15-9-8-14-28(30)40(45)46/h6-9,12-19,25H,10-11,20-22H2,1-5H3,(H,37,43)(H3,35,36,42)/t25-/m0/s1. The van der Waals surface area contributed by atoms with Gasteiger partial charge in [-0.2, -0.15) is 0 Å². The number of alkyl carbamates (subject to hydrolysis) is 1. The van der Waals surface area contributed by atoms with Crippen molar-refractivity contribution in [3.8, 4) is 0 Å². The lowest BCUT2D eigenvalue weighted by Gasteiger charge is -2.26. The van der Waals surface area contributed by atoms with Gasteiger partial charge in [0.1, 0.15) is 12.2 Å². The largest absolute Gasteiger partial charge is 0.444 e. The summed E-state index contributed by atoms with van der Waals surface area (Å²) in [7, 11) is -1.78. The first-order chi connectivity index (χ1) is 23.9. The summed E-state index contributed by atoms with van der Waals surface area (Å²) in [5.41, 5.74) is 5.22. The van der Waals surface area contributed by atoms with Crippen LogP contribution in [0.5, 0.6) is 0 Å². The zero-order valence-electron chi connectivity index (χ0n) is 29.0. The number of nitro groups is 1. The maximum absolute atomic E-state index is 13.4. The van der Waals surface area contributed by atoms with E-state index in [1.165, 1.54) is 38.4 Å². The van der Waals surface area contributed by atoms with Crippen LogP contribution in [0.4, 0.5) is 31.4 Å². The molecule has 0 unspecified atom stereocenters. The number of hydrogen-bond acceptors (Lipinski definition) is 10. The number of Topliss-reactive ketones (excluding diaryl/α,β-unsaturated/α-hetero) is 1. The lowest BCUT2D eigenvalue weighted by atomic mass is 9.99. The Balaban J connectivity index is 1.67. The monoisotopic (exact) mass is 726 g/mol. The van der Waals surface area contributed by atoms with Crippen LogP contribution in [0.25, 0.3) is 0 Å². The smallest absolute Gasteiger partial charge is 0.414 e. The average Bonchev–Trinajstić information content (AvgIpc) is 3.07. The van der Waals surface area contributed by atoms with Gasteiger partial charge in [-0.1, -0.05) is 48.5 Å². The van der Waals surface area contributed by atoms with Crippen LogP contribution < -0.4 is 25.6 Å². The third-order valence-electron chi connectivity index (χ3n) is 7.37. The highest BCUT2D eigenvalue weighted by molar-refractivity contribution is 7.93. The average molecular weight is 727 g/mol. The number of amides is 4. The molecular formula is C34H42N6O10S. The summed E-state index contributed by atoms with van der Waals surface area (Å²) in [6.45, 7) is 5.17. The van der Waals surface area contributed by atoms with E-state index in [1.54, 1.807) is 57.2 Å². The van der Waals surface area contributed by atoms with Crippen LogP contribution in [0.2, 0.25) is 0 Å². The van der Waals surface area contributed by atoms with Gasteiger partial charge in [-0.05, 0) is 62.9 Å². The highest BCUT2D eigenvalue weighted by atomic mass is 32.2. The van der Waals surface area contributed by atoms with Crippen molar-refractivity contribution in [2.24, 2.45) is 5.73 Å². The number of primary amides is 1. The maximum atomic E-state index is 13.4. The molecule has 3 aromatic carbocycles. The molecule has 0 aliphatic rings. The molecule has 17 heteroatoms. The molecule has 16 nitrogen and oxygen atoms in total. The molecule has 0 heterocycles. The first-order valence-corrected chi connectivity index (χ1v) is 17.2. The van der Waals surface area contributed by atoms with Crippen LogP contribution in [0.15, 0.2) is 77.7 Å². The van der Waals surface area contributed by atoms with Crippen molar-refractivity contribution in [3.63, 3.8) is 0 Å². The first kappa shape index (κ1) is 39.7. The number of carbonyl (C=O) groups is 4. The summed E-state index contributed by atoms with van der Waals surface area (Å²) in [5.74, 6) is -0.284.